The molecule has 0 atom stereocenters. The monoisotopic (exact) mass is 214 g/mol. The van der Waals surface area contributed by atoms with E-state index in [9.17, 15) is 13.2 Å². The number of hydrogen-bond donors (Lipinski definition) is 0. The molecular weight excluding hydrogens is 212 g/mol. The highest BCUT2D eigenvalue weighted by molar-refractivity contribution is 6.34. The molecule has 0 heterocycles. The molecule has 0 unspecified atom stereocenters. The standard InChI is InChI=1S/C7H3Cl2F3/c8-4-1-3(7(11)12)2-5(9)6(4)10/h1-2,7H. The van der Waals surface area contributed by atoms with Crippen molar-refractivity contribution in [3.8, 4) is 0 Å². The van der Waals surface area contributed by atoms with Gasteiger partial charge < -0.3 is 0 Å². The molecule has 66 valence electrons. The summed E-state index contributed by atoms with van der Waals surface area (Å²) in [5.41, 5.74) is -0.383. The average molecular weight is 215 g/mol. The Bertz CT molecular complexity index is 276. The third-order valence-electron chi connectivity index (χ3n) is 1.26. The average Bonchev–Trinajstić information content (AvgIpc) is 1.99. The van der Waals surface area contributed by atoms with Gasteiger partial charge in [0.1, 0.15) is 0 Å². The molecule has 0 aromatic heterocycles. The molecule has 0 aliphatic heterocycles. The maximum absolute atomic E-state index is 12.7. The molecule has 0 aliphatic carbocycles. The molecule has 0 N–H and O–H groups in total. The van der Waals surface area contributed by atoms with Crippen LogP contribution in [0.25, 0.3) is 0 Å². The van der Waals surface area contributed by atoms with E-state index in [-0.39, 0.29) is 5.56 Å². The van der Waals surface area contributed by atoms with Crippen molar-refractivity contribution in [2.45, 2.75) is 6.43 Å². The van der Waals surface area contributed by atoms with Crippen molar-refractivity contribution in [1.82, 2.24) is 0 Å². The lowest BCUT2D eigenvalue weighted by atomic mass is 10.2. The van der Waals surface area contributed by atoms with Crippen LogP contribution in [0.4, 0.5) is 13.2 Å². The first-order valence-electron chi connectivity index (χ1n) is 2.95. The van der Waals surface area contributed by atoms with E-state index in [0.717, 1.165) is 12.1 Å². The maximum atomic E-state index is 12.7. The van der Waals surface area contributed by atoms with Crippen molar-refractivity contribution in [3.05, 3.63) is 33.6 Å². The summed E-state index contributed by atoms with van der Waals surface area (Å²) in [6.07, 6.45) is -2.69. The summed E-state index contributed by atoms with van der Waals surface area (Å²) in [7, 11) is 0. The van der Waals surface area contributed by atoms with Gasteiger partial charge in [0.25, 0.3) is 6.43 Å². The van der Waals surface area contributed by atoms with E-state index in [0.29, 0.717) is 0 Å². The van der Waals surface area contributed by atoms with Crippen LogP contribution in [0.1, 0.15) is 12.0 Å². The van der Waals surface area contributed by atoms with Crippen LogP contribution in [0, 0.1) is 5.82 Å². The first-order chi connectivity index (χ1) is 5.52. The van der Waals surface area contributed by atoms with Crippen molar-refractivity contribution in [3.63, 3.8) is 0 Å². The van der Waals surface area contributed by atoms with Gasteiger partial charge in [-0.1, -0.05) is 23.2 Å². The molecular formula is C7H3Cl2F3. The fraction of sp³-hybridized carbons (Fsp3) is 0.143. The highest BCUT2D eigenvalue weighted by atomic mass is 35.5. The van der Waals surface area contributed by atoms with Crippen LogP contribution >= 0.6 is 23.2 Å². The van der Waals surface area contributed by atoms with E-state index in [1.807, 2.05) is 0 Å². The Morgan fingerprint density at radius 1 is 1.08 bits per heavy atom. The molecule has 1 aromatic carbocycles. The third-order valence-corrected chi connectivity index (χ3v) is 1.81. The SMILES string of the molecule is Fc1c(Cl)cc(C(F)F)cc1Cl. The molecule has 0 nitrogen and oxygen atoms in total. The van der Waals surface area contributed by atoms with Crippen molar-refractivity contribution >= 4 is 23.2 Å². The molecule has 0 spiro atoms. The first-order valence-corrected chi connectivity index (χ1v) is 3.70. The lowest BCUT2D eigenvalue weighted by Crippen LogP contribution is -1.87. The van der Waals surface area contributed by atoms with Crippen LogP contribution in [-0.4, -0.2) is 0 Å². The van der Waals surface area contributed by atoms with Crippen molar-refractivity contribution in [2.75, 3.05) is 0 Å². The summed E-state index contributed by atoms with van der Waals surface area (Å²) in [5, 5.41) is -0.782. The molecule has 0 radical (unpaired) electrons. The number of alkyl halides is 2. The number of halogens is 5. The van der Waals surface area contributed by atoms with Gasteiger partial charge in [0.15, 0.2) is 5.82 Å². The van der Waals surface area contributed by atoms with Crippen molar-refractivity contribution in [1.29, 1.82) is 0 Å². The molecule has 1 aromatic rings. The van der Waals surface area contributed by atoms with Crippen molar-refractivity contribution in [2.24, 2.45) is 0 Å². The zero-order valence-electron chi connectivity index (χ0n) is 5.62. The summed E-state index contributed by atoms with van der Waals surface area (Å²) >= 11 is 10.5. The number of rotatable bonds is 1. The van der Waals surface area contributed by atoms with E-state index in [1.54, 1.807) is 0 Å². The van der Waals surface area contributed by atoms with Gasteiger partial charge in [-0.2, -0.15) is 0 Å². The minimum Gasteiger partial charge on any atom is -0.205 e. The van der Waals surface area contributed by atoms with E-state index < -0.39 is 22.3 Å². The van der Waals surface area contributed by atoms with Gasteiger partial charge >= 0.3 is 0 Å². The minimum absolute atomic E-state index is 0.383. The minimum atomic E-state index is -2.69. The van der Waals surface area contributed by atoms with E-state index in [4.69, 9.17) is 23.2 Å². The molecule has 0 aliphatic rings. The fourth-order valence-electron chi connectivity index (χ4n) is 0.701. The maximum Gasteiger partial charge on any atom is 0.263 e. The second-order valence-electron chi connectivity index (χ2n) is 2.10. The quantitative estimate of drug-likeness (QED) is 0.619. The molecule has 0 saturated heterocycles. The Morgan fingerprint density at radius 2 is 1.50 bits per heavy atom. The van der Waals surface area contributed by atoms with Crippen LogP contribution in [0.15, 0.2) is 12.1 Å². The molecule has 0 bridgehead atoms. The van der Waals surface area contributed by atoms with Crippen LogP contribution in [-0.2, 0) is 0 Å². The highest BCUT2D eigenvalue weighted by Gasteiger charge is 2.13. The summed E-state index contributed by atoms with van der Waals surface area (Å²) in [5.74, 6) is -0.872. The first kappa shape index (κ1) is 9.68. The Balaban J connectivity index is 3.21. The summed E-state index contributed by atoms with van der Waals surface area (Å²) in [4.78, 5) is 0. The fourth-order valence-corrected chi connectivity index (χ4v) is 1.21. The molecule has 0 amide bonds. The predicted molar refractivity (Wildman–Crippen MR) is 41.4 cm³/mol. The largest absolute Gasteiger partial charge is 0.263 e. The van der Waals surface area contributed by atoms with Gasteiger partial charge in [-0.15, -0.1) is 0 Å². The Kier molecular flexibility index (Phi) is 2.85. The van der Waals surface area contributed by atoms with Crippen LogP contribution < -0.4 is 0 Å². The molecule has 1 rings (SSSR count). The number of hydrogen-bond acceptors (Lipinski definition) is 0. The smallest absolute Gasteiger partial charge is 0.205 e. The van der Waals surface area contributed by atoms with Gasteiger partial charge in [0, 0.05) is 5.56 Å². The van der Waals surface area contributed by atoms with E-state index >= 15 is 0 Å². The summed E-state index contributed by atoms with van der Waals surface area (Å²) < 4.78 is 36.7. The van der Waals surface area contributed by atoms with Crippen LogP contribution in [0.3, 0.4) is 0 Å². The zero-order chi connectivity index (χ0) is 9.30. The second-order valence-corrected chi connectivity index (χ2v) is 2.91. The molecule has 5 heteroatoms. The third kappa shape index (κ3) is 1.84. The van der Waals surface area contributed by atoms with Crippen LogP contribution in [0.2, 0.25) is 10.0 Å². The van der Waals surface area contributed by atoms with E-state index in [1.165, 1.54) is 0 Å². The zero-order valence-corrected chi connectivity index (χ0v) is 7.13. The predicted octanol–water partition coefficient (Wildman–Crippen LogP) is 4.07. The molecule has 0 fully saturated rings. The topological polar surface area (TPSA) is 0 Å². The lowest BCUT2D eigenvalue weighted by molar-refractivity contribution is 0.151. The second kappa shape index (κ2) is 3.54. The van der Waals surface area contributed by atoms with Gasteiger partial charge in [-0.3, -0.25) is 0 Å². The Labute approximate surface area is 76.9 Å². The van der Waals surface area contributed by atoms with Gasteiger partial charge in [-0.05, 0) is 12.1 Å². The number of benzene rings is 1. The van der Waals surface area contributed by atoms with Crippen molar-refractivity contribution < 1.29 is 13.2 Å². The summed E-state index contributed by atoms with van der Waals surface area (Å²) in [6.45, 7) is 0. The Hall–Kier alpha value is -0.410. The van der Waals surface area contributed by atoms with Gasteiger partial charge in [-0.25, -0.2) is 13.2 Å². The van der Waals surface area contributed by atoms with E-state index in [2.05, 4.69) is 0 Å². The Morgan fingerprint density at radius 3 is 1.83 bits per heavy atom. The lowest BCUT2D eigenvalue weighted by Gasteiger charge is -2.02. The van der Waals surface area contributed by atoms with Gasteiger partial charge in [0.2, 0.25) is 0 Å². The highest BCUT2D eigenvalue weighted by Crippen LogP contribution is 2.29. The van der Waals surface area contributed by atoms with Gasteiger partial charge in [0.05, 0.1) is 10.0 Å². The molecule has 0 saturated carbocycles. The van der Waals surface area contributed by atoms with Crippen LogP contribution in [0.5, 0.6) is 0 Å². The summed E-state index contributed by atoms with van der Waals surface area (Å²) in [6, 6.07) is 1.71. The molecule has 12 heavy (non-hydrogen) atoms. The normalized spacial score (nSPS) is 10.8.